The van der Waals surface area contributed by atoms with Crippen LogP contribution in [0.1, 0.15) is 181 Å². The van der Waals surface area contributed by atoms with Crippen molar-refractivity contribution >= 4 is 19.8 Å². The van der Waals surface area contributed by atoms with Crippen molar-refractivity contribution in [1.82, 2.24) is 0 Å². The van der Waals surface area contributed by atoms with Gasteiger partial charge in [-0.25, -0.2) is 4.57 Å². The minimum absolute atomic E-state index is 0.129. The highest BCUT2D eigenvalue weighted by Crippen LogP contribution is 2.43. The van der Waals surface area contributed by atoms with Gasteiger partial charge in [0.15, 0.2) is 6.10 Å². The number of ether oxygens (including phenoxy) is 2. The van der Waals surface area contributed by atoms with Crippen LogP contribution < -0.4 is 0 Å². The lowest BCUT2D eigenvalue weighted by atomic mass is 10.1. The average Bonchev–Trinajstić information content (AvgIpc) is 3.27. The van der Waals surface area contributed by atoms with Gasteiger partial charge in [-0.3, -0.25) is 18.6 Å². The molecule has 0 aliphatic rings. The Morgan fingerprint density at radius 3 is 1.32 bits per heavy atom. The molecule has 0 aromatic heterocycles. The van der Waals surface area contributed by atoms with E-state index in [0.29, 0.717) is 19.3 Å². The molecule has 0 aliphatic carbocycles. The van der Waals surface area contributed by atoms with Gasteiger partial charge in [0.25, 0.3) is 0 Å². The van der Waals surface area contributed by atoms with Crippen LogP contribution in [0.4, 0.5) is 0 Å². The molecule has 0 radical (unpaired) electrons. The third kappa shape index (κ3) is 46.7. The SMILES string of the molecule is CCCCC/C=C/C/C=C/C/C=C/C/C=C/CCCCCC(=O)O[C@H](COC(=O)CCC/C=C/C/C=C/C/C=C/C/C=C/CCCCCCCCC)COP(=O)(O)OC[C@@H](O)CO. The number of carbonyl (C=O) groups is 2. The van der Waals surface area contributed by atoms with Crippen molar-refractivity contribution in [1.29, 1.82) is 0 Å². The molecule has 0 saturated carbocycles. The van der Waals surface area contributed by atoms with Crippen LogP contribution in [0.3, 0.4) is 0 Å². The molecule has 63 heavy (non-hydrogen) atoms. The van der Waals surface area contributed by atoms with Crippen LogP contribution in [0.15, 0.2) is 97.2 Å². The molecule has 3 atom stereocenters. The molecule has 3 N–H and O–H groups in total. The Bertz CT molecular complexity index is 1360. The van der Waals surface area contributed by atoms with E-state index in [-0.39, 0.29) is 19.4 Å². The summed E-state index contributed by atoms with van der Waals surface area (Å²) in [6, 6.07) is 0. The fourth-order valence-corrected chi connectivity index (χ4v) is 6.76. The van der Waals surface area contributed by atoms with E-state index in [1.165, 1.54) is 77.0 Å². The standard InChI is InChI=1S/C52H87O10P/c1-3-5-7-9-11-13-15-17-19-21-23-24-26-27-29-31-33-35-37-39-41-43-51(55)59-47-50(48-61-63(57,58)60-46-49(54)45-53)62-52(56)44-42-40-38-36-34-32-30-28-25-22-20-18-16-14-12-10-8-6-4-2/h12,14,18-21,24-26,28-29,31-32,34-35,37,49-50,53-54H,3-11,13,15-17,22-23,27,30,33,36,38-48H2,1-2H3,(H,57,58)/b14-12+,20-18+,21-19+,26-24+,28-25+,31-29+,34-32+,37-35+/t49-,50+/m0/s1. The molecule has 0 bridgehead atoms. The molecule has 360 valence electrons. The van der Waals surface area contributed by atoms with E-state index in [4.69, 9.17) is 19.1 Å². The predicted octanol–water partition coefficient (Wildman–Crippen LogP) is 13.6. The maximum Gasteiger partial charge on any atom is 0.472 e. The number of hydrogen-bond donors (Lipinski definition) is 3. The van der Waals surface area contributed by atoms with Crippen LogP contribution in [-0.2, 0) is 32.7 Å². The zero-order chi connectivity index (χ0) is 46.2. The Hall–Kier alpha value is -3.11. The maximum atomic E-state index is 12.6. The van der Waals surface area contributed by atoms with Gasteiger partial charge in [0, 0.05) is 12.8 Å². The zero-order valence-corrected chi connectivity index (χ0v) is 40.1. The highest BCUT2D eigenvalue weighted by Gasteiger charge is 2.27. The second kappa shape index (κ2) is 46.9. The number of allylic oxidation sites excluding steroid dienone is 16. The second-order valence-corrected chi connectivity index (χ2v) is 17.2. The zero-order valence-electron chi connectivity index (χ0n) is 39.3. The molecule has 0 aliphatic heterocycles. The Morgan fingerprint density at radius 2 is 0.841 bits per heavy atom. The summed E-state index contributed by atoms with van der Waals surface area (Å²) in [5.41, 5.74) is 0. The van der Waals surface area contributed by atoms with Crippen LogP contribution in [0.25, 0.3) is 0 Å². The number of carbonyl (C=O) groups excluding carboxylic acids is 2. The van der Waals surface area contributed by atoms with Gasteiger partial charge < -0.3 is 24.6 Å². The summed E-state index contributed by atoms with van der Waals surface area (Å²) in [4.78, 5) is 35.1. The van der Waals surface area contributed by atoms with Crippen molar-refractivity contribution in [3.05, 3.63) is 97.2 Å². The fraction of sp³-hybridized carbons (Fsp3) is 0.654. The summed E-state index contributed by atoms with van der Waals surface area (Å²) >= 11 is 0. The minimum Gasteiger partial charge on any atom is -0.462 e. The van der Waals surface area contributed by atoms with Gasteiger partial charge in [-0.1, -0.05) is 169 Å². The van der Waals surface area contributed by atoms with Crippen molar-refractivity contribution < 1.29 is 47.8 Å². The van der Waals surface area contributed by atoms with Gasteiger partial charge in [0.1, 0.15) is 12.7 Å². The third-order valence-corrected chi connectivity index (χ3v) is 10.7. The van der Waals surface area contributed by atoms with E-state index in [1.807, 2.05) is 6.08 Å². The number of aliphatic hydroxyl groups excluding tert-OH is 2. The van der Waals surface area contributed by atoms with E-state index in [0.717, 1.165) is 57.8 Å². The second-order valence-electron chi connectivity index (χ2n) is 15.8. The molecular formula is C52H87O10P. The smallest absolute Gasteiger partial charge is 0.462 e. The van der Waals surface area contributed by atoms with Gasteiger partial charge in [-0.15, -0.1) is 0 Å². The molecule has 10 nitrogen and oxygen atoms in total. The highest BCUT2D eigenvalue weighted by atomic mass is 31.2. The van der Waals surface area contributed by atoms with Crippen LogP contribution in [-0.4, -0.2) is 65.7 Å². The molecule has 11 heteroatoms. The average molecular weight is 903 g/mol. The largest absolute Gasteiger partial charge is 0.472 e. The van der Waals surface area contributed by atoms with Crippen molar-refractivity contribution in [2.24, 2.45) is 0 Å². The first-order valence-corrected chi connectivity index (χ1v) is 25.7. The molecule has 0 amide bonds. The first kappa shape index (κ1) is 59.9. The van der Waals surface area contributed by atoms with Crippen LogP contribution in [0, 0.1) is 0 Å². The van der Waals surface area contributed by atoms with E-state index in [1.54, 1.807) is 0 Å². The Labute approximate surface area is 383 Å². The van der Waals surface area contributed by atoms with Gasteiger partial charge >= 0.3 is 19.8 Å². The number of phosphoric ester groups is 1. The fourth-order valence-electron chi connectivity index (χ4n) is 5.97. The summed E-state index contributed by atoms with van der Waals surface area (Å²) in [5.74, 6) is -1.03. The number of rotatable bonds is 44. The first-order chi connectivity index (χ1) is 30.7. The van der Waals surface area contributed by atoms with Crippen LogP contribution in [0.5, 0.6) is 0 Å². The summed E-state index contributed by atoms with van der Waals surface area (Å²) in [6.07, 6.45) is 58.1. The van der Waals surface area contributed by atoms with Gasteiger partial charge in [0.2, 0.25) is 0 Å². The van der Waals surface area contributed by atoms with Crippen molar-refractivity contribution in [3.8, 4) is 0 Å². The molecular weight excluding hydrogens is 816 g/mol. The number of esters is 2. The normalized spacial score (nSPS) is 14.6. The van der Waals surface area contributed by atoms with Crippen LogP contribution in [0.2, 0.25) is 0 Å². The summed E-state index contributed by atoms with van der Waals surface area (Å²) < 4.78 is 32.7. The summed E-state index contributed by atoms with van der Waals surface area (Å²) in [6.45, 7) is 2.24. The summed E-state index contributed by atoms with van der Waals surface area (Å²) in [7, 11) is -4.65. The van der Waals surface area contributed by atoms with Crippen molar-refractivity contribution in [3.63, 3.8) is 0 Å². The molecule has 0 fully saturated rings. The highest BCUT2D eigenvalue weighted by molar-refractivity contribution is 7.47. The van der Waals surface area contributed by atoms with E-state index >= 15 is 0 Å². The quantitative estimate of drug-likeness (QED) is 0.0233. The molecule has 0 spiro atoms. The van der Waals surface area contributed by atoms with E-state index in [9.17, 15) is 24.2 Å². The molecule has 0 aromatic rings. The minimum atomic E-state index is -4.65. The molecule has 0 aromatic carbocycles. The van der Waals surface area contributed by atoms with Crippen molar-refractivity contribution in [2.45, 2.75) is 193 Å². The number of phosphoric acid groups is 1. The third-order valence-electron chi connectivity index (χ3n) is 9.71. The maximum absolute atomic E-state index is 12.6. The molecule has 0 heterocycles. The van der Waals surface area contributed by atoms with E-state index < -0.39 is 51.8 Å². The Morgan fingerprint density at radius 1 is 0.476 bits per heavy atom. The van der Waals surface area contributed by atoms with Gasteiger partial charge in [-0.2, -0.15) is 0 Å². The number of unbranched alkanes of at least 4 members (excludes halogenated alkanes) is 14. The monoisotopic (exact) mass is 903 g/mol. The van der Waals surface area contributed by atoms with Gasteiger partial charge in [-0.05, 0) is 96.3 Å². The lowest BCUT2D eigenvalue weighted by Gasteiger charge is -2.20. The van der Waals surface area contributed by atoms with E-state index in [2.05, 4.69) is 110 Å². The number of aliphatic hydroxyl groups is 2. The van der Waals surface area contributed by atoms with Crippen LogP contribution >= 0.6 is 7.82 Å². The number of hydrogen-bond acceptors (Lipinski definition) is 9. The summed E-state index contributed by atoms with van der Waals surface area (Å²) in [5, 5.41) is 18.4. The molecule has 0 saturated heterocycles. The predicted molar refractivity (Wildman–Crippen MR) is 260 cm³/mol. The Balaban J connectivity index is 4.41. The Kier molecular flexibility index (Phi) is 44.6. The van der Waals surface area contributed by atoms with Gasteiger partial charge in [0.05, 0.1) is 19.8 Å². The molecule has 1 unspecified atom stereocenters. The van der Waals surface area contributed by atoms with Crippen molar-refractivity contribution in [2.75, 3.05) is 26.4 Å². The lowest BCUT2D eigenvalue weighted by molar-refractivity contribution is -0.161. The topological polar surface area (TPSA) is 149 Å². The molecule has 0 rings (SSSR count). The first-order valence-electron chi connectivity index (χ1n) is 24.2. The lowest BCUT2D eigenvalue weighted by Crippen LogP contribution is -2.29.